The number of hydrogen-bond acceptors (Lipinski definition) is 2. The van der Waals surface area contributed by atoms with E-state index < -0.39 is 7.40 Å². The molecule has 2 heterocycles. The second-order valence-corrected chi connectivity index (χ2v) is 23.1. The van der Waals surface area contributed by atoms with Crippen LogP contribution in [0.25, 0.3) is 48.7 Å². The van der Waals surface area contributed by atoms with E-state index in [1.807, 2.05) is 114 Å². The van der Waals surface area contributed by atoms with Gasteiger partial charge in [0.25, 0.3) is 0 Å². The van der Waals surface area contributed by atoms with Gasteiger partial charge in [-0.1, -0.05) is 144 Å². The molecule has 10 rings (SSSR count). The molecule has 1 aromatic heterocycles. The van der Waals surface area contributed by atoms with E-state index in [1.165, 1.54) is 59.8 Å². The van der Waals surface area contributed by atoms with Crippen LogP contribution in [0.2, 0.25) is 0 Å². The normalized spacial score (nSPS) is 13.8. The summed E-state index contributed by atoms with van der Waals surface area (Å²) in [5, 5.41) is 10.1. The molecule has 385 valence electrons. The fourth-order valence-electron chi connectivity index (χ4n) is 11.7. The summed E-state index contributed by atoms with van der Waals surface area (Å²) in [6, 6.07) is 43.9. The predicted octanol–water partition coefficient (Wildman–Crippen LogP) is 16.8. The fraction of sp³-hybridized carbons (Fsp3) is 0.257. The van der Waals surface area contributed by atoms with Crippen molar-refractivity contribution in [1.82, 2.24) is 4.57 Å². The lowest BCUT2D eigenvalue weighted by Gasteiger charge is -2.25. The number of halogens is 2. The molecule has 0 saturated carbocycles. The topological polar surface area (TPSA) is 34.2 Å². The number of aromatic nitrogens is 1. The Kier molecular flexibility index (Phi) is 13.7. The predicted molar refractivity (Wildman–Crippen MR) is 318 cm³/mol. The number of hydrogen-bond donors (Lipinski definition) is 0. The van der Waals surface area contributed by atoms with Crippen LogP contribution in [0, 0.1) is 51.4 Å². The summed E-state index contributed by atoms with van der Waals surface area (Å²) >= 11 is 0. The number of carbonyl (C=O) groups is 1. The molecule has 4 nitrogen and oxygen atoms in total. The smallest absolute Gasteiger partial charge is 0.433 e. The summed E-state index contributed by atoms with van der Waals surface area (Å²) < 4.78 is 40.9. The van der Waals surface area contributed by atoms with E-state index in [1.54, 1.807) is 6.92 Å². The van der Waals surface area contributed by atoms with E-state index in [9.17, 15) is 4.79 Å². The molecule has 0 amide bonds. The molecule has 77 heavy (non-hydrogen) atoms. The maximum atomic E-state index is 15.8. The van der Waals surface area contributed by atoms with Gasteiger partial charge >= 0.3 is 13.4 Å². The largest absolute Gasteiger partial charge is 0.609 e. The zero-order valence-electron chi connectivity index (χ0n) is 46.8. The number of allylic oxidation sites excluding steroid dienone is 2. The highest BCUT2D eigenvalue weighted by molar-refractivity contribution is 6.36. The quantitative estimate of drug-likeness (QED) is 0.0380. The van der Waals surface area contributed by atoms with E-state index in [4.69, 9.17) is 4.74 Å². The number of esters is 1. The molecule has 1 aliphatic heterocycles. The minimum atomic E-state index is -2.87. The summed E-state index contributed by atoms with van der Waals surface area (Å²) in [6.45, 7) is 25.3. The molecule has 8 aromatic carbocycles. The Labute approximate surface area is 453 Å². The van der Waals surface area contributed by atoms with Crippen molar-refractivity contribution in [2.24, 2.45) is 7.05 Å². The first-order valence-corrected chi connectivity index (χ1v) is 26.8. The molecule has 0 N–H and O–H groups in total. The van der Waals surface area contributed by atoms with Crippen LogP contribution in [-0.4, -0.2) is 28.1 Å². The Morgan fingerprint density at radius 2 is 1.19 bits per heavy atom. The molecule has 1 radical (unpaired) electrons. The molecular weight excluding hydrogens is 950 g/mol. The molecule has 0 fully saturated rings. The van der Waals surface area contributed by atoms with Crippen LogP contribution in [-0.2, 0) is 29.1 Å². The SMILES string of the molecule is CC1=C(C#Cc2ccccc2)C(C)=[N+]([B-](F)F)/C1=C(/c1c(C)cc(OC(=O)CCCc2ccc3c4cc(C(C)(C)C)cc5cc(C(C)(C)C)cc(c6cccc2c63)c54)cc1C)c1c(C)c(C#Cc2ccccc2)c(C)n1C. The van der Waals surface area contributed by atoms with Gasteiger partial charge in [0.15, 0.2) is 5.70 Å². The summed E-state index contributed by atoms with van der Waals surface area (Å²) in [4.78, 5) is 13.9. The molecule has 1 aliphatic rings. The van der Waals surface area contributed by atoms with Crippen molar-refractivity contribution in [3.8, 4) is 29.4 Å². The molecule has 7 heteroatoms. The van der Waals surface area contributed by atoms with Crippen LogP contribution in [0.4, 0.5) is 8.63 Å². The molecule has 0 atom stereocenters. The van der Waals surface area contributed by atoms with Crippen LogP contribution < -0.4 is 4.74 Å². The number of ether oxygens (including phenoxy) is 1. The number of benzene rings is 8. The third kappa shape index (κ3) is 9.67. The van der Waals surface area contributed by atoms with Crippen molar-refractivity contribution < 1.29 is 22.6 Å². The van der Waals surface area contributed by atoms with Crippen LogP contribution >= 0.6 is 0 Å². The van der Waals surface area contributed by atoms with Crippen molar-refractivity contribution in [1.29, 1.82) is 0 Å². The number of carbonyl (C=O) groups excluding carboxylic acids is 1. The summed E-state index contributed by atoms with van der Waals surface area (Å²) in [7, 11) is -0.897. The van der Waals surface area contributed by atoms with Crippen molar-refractivity contribution in [3.05, 3.63) is 211 Å². The molecule has 0 aliphatic carbocycles. The molecule has 0 unspecified atom stereocenters. The zero-order valence-corrected chi connectivity index (χ0v) is 46.8. The Morgan fingerprint density at radius 1 is 0.636 bits per heavy atom. The van der Waals surface area contributed by atoms with Gasteiger partial charge in [0, 0.05) is 48.3 Å². The maximum absolute atomic E-state index is 15.8. The summed E-state index contributed by atoms with van der Waals surface area (Å²) in [5.74, 6) is 13.3. The minimum absolute atomic E-state index is 0.0250. The molecule has 0 saturated heterocycles. The molecule has 9 aromatic rings. The van der Waals surface area contributed by atoms with Crippen LogP contribution in [0.5, 0.6) is 5.75 Å². The first-order chi connectivity index (χ1) is 36.6. The summed E-state index contributed by atoms with van der Waals surface area (Å²) in [5.41, 5.74) is 13.7. The average Bonchev–Trinajstić information content (AvgIpc) is 3.84. The molecule has 0 spiro atoms. The second-order valence-electron chi connectivity index (χ2n) is 23.1. The van der Waals surface area contributed by atoms with Crippen molar-refractivity contribution >= 4 is 67.7 Å². The average molecular weight is 1020 g/mol. The number of rotatable bonds is 8. The lowest BCUT2D eigenvalue weighted by Crippen LogP contribution is -2.26. The lowest BCUT2D eigenvalue weighted by atomic mass is 9.79. The second kappa shape index (κ2) is 20.2. The van der Waals surface area contributed by atoms with E-state index >= 15 is 8.63 Å². The maximum Gasteiger partial charge on any atom is 0.609 e. The third-order valence-corrected chi connectivity index (χ3v) is 15.8. The van der Waals surface area contributed by atoms with Crippen LogP contribution in [0.1, 0.15) is 135 Å². The Morgan fingerprint density at radius 3 is 1.77 bits per heavy atom. The van der Waals surface area contributed by atoms with Crippen LogP contribution in [0.3, 0.4) is 0 Å². The molecular formula is C70H66BF2N2O2. The van der Waals surface area contributed by atoms with Crippen molar-refractivity contribution in [3.63, 3.8) is 0 Å². The Balaban J connectivity index is 1.00. The number of fused-ring (bicyclic) bond motifs is 2. The highest BCUT2D eigenvalue weighted by atomic mass is 19.2. The standard InChI is InChI=1S/C70H66BF2N2O2/c1-42-36-54(77-62(76)29-20-26-50-32-35-59-61-41-53(70(10,11)12)39-51-38-52(69(7,8)9)40-60(64(51)61)58-28-21-27-57(50)65(58)59)37-43(2)63(42)66(67-44(3)55(46(5)74(67)13)33-30-48-22-16-14-17-23-48)68-45(4)56(47(6)75(68)71(72)73)34-31-49-24-18-15-19-25-49/h14-19,21-25,27-28,32,35-41H,20,26,29H2,1-13H3/b68-66-. The highest BCUT2D eigenvalue weighted by Crippen LogP contribution is 2.46. The van der Waals surface area contributed by atoms with E-state index in [0.29, 0.717) is 46.7 Å². The van der Waals surface area contributed by atoms with Gasteiger partial charge in [-0.2, -0.15) is 0 Å². The van der Waals surface area contributed by atoms with Gasteiger partial charge in [-0.15, -0.1) is 0 Å². The Hall–Kier alpha value is -8.00. The number of nitrogens with zero attached hydrogens (tertiary/aromatic N) is 2. The first kappa shape index (κ1) is 52.4. The van der Waals surface area contributed by atoms with Gasteiger partial charge in [0.05, 0.1) is 16.8 Å². The van der Waals surface area contributed by atoms with E-state index in [-0.39, 0.29) is 23.2 Å². The van der Waals surface area contributed by atoms with Gasteiger partial charge in [-0.3, -0.25) is 4.79 Å². The van der Waals surface area contributed by atoms with Gasteiger partial charge in [0.2, 0.25) is 0 Å². The zero-order chi connectivity index (χ0) is 54.8. The van der Waals surface area contributed by atoms with Gasteiger partial charge in [0.1, 0.15) is 11.5 Å². The summed E-state index contributed by atoms with van der Waals surface area (Å²) in [6.07, 6.45) is 1.51. The number of aryl methyl sites for hydroxylation is 3. The van der Waals surface area contributed by atoms with Gasteiger partial charge in [-0.05, 0) is 189 Å². The first-order valence-electron chi connectivity index (χ1n) is 26.8. The van der Waals surface area contributed by atoms with Crippen molar-refractivity contribution in [2.75, 3.05) is 0 Å². The monoisotopic (exact) mass is 1020 g/mol. The lowest BCUT2D eigenvalue weighted by molar-refractivity contribution is -0.343. The molecule has 0 bridgehead atoms. The van der Waals surface area contributed by atoms with Crippen molar-refractivity contribution in [2.45, 2.75) is 113 Å². The van der Waals surface area contributed by atoms with Crippen LogP contribution in [0.15, 0.2) is 144 Å². The van der Waals surface area contributed by atoms with E-state index in [0.717, 1.165) is 54.8 Å². The third-order valence-electron chi connectivity index (χ3n) is 15.8. The minimum Gasteiger partial charge on any atom is -0.433 e. The Bertz CT molecular complexity index is 4030. The van der Waals surface area contributed by atoms with E-state index in [2.05, 4.69) is 124 Å². The highest BCUT2D eigenvalue weighted by Gasteiger charge is 2.38. The fourth-order valence-corrected chi connectivity index (χ4v) is 11.7. The van der Waals surface area contributed by atoms with Gasteiger partial charge < -0.3 is 22.4 Å². The van der Waals surface area contributed by atoms with Gasteiger partial charge in [-0.25, -0.2) is 0 Å².